The molecule has 0 heterocycles. The first kappa shape index (κ1) is 14.5. The molecule has 2 atom stereocenters. The number of phenolic OH excluding ortho intramolecular Hbond substituents is 1. The van der Waals surface area contributed by atoms with Gasteiger partial charge in [-0.05, 0) is 45.4 Å². The van der Waals surface area contributed by atoms with Gasteiger partial charge >= 0.3 is 0 Å². The van der Waals surface area contributed by atoms with Crippen molar-refractivity contribution in [1.82, 2.24) is 10.6 Å². The molecule has 4 heteroatoms. The zero-order valence-electron chi connectivity index (χ0n) is 11.4. The van der Waals surface area contributed by atoms with Crippen LogP contribution >= 0.6 is 0 Å². The maximum absolute atomic E-state index is 11.8. The lowest BCUT2D eigenvalue weighted by atomic mass is 10.1. The van der Waals surface area contributed by atoms with Crippen molar-refractivity contribution in [2.24, 2.45) is 0 Å². The Morgan fingerprint density at radius 1 is 1.22 bits per heavy atom. The van der Waals surface area contributed by atoms with Gasteiger partial charge in [0, 0.05) is 12.1 Å². The average Bonchev–Trinajstić information content (AvgIpc) is 2.27. The summed E-state index contributed by atoms with van der Waals surface area (Å²) in [6.07, 6.45) is 0. The SMILES string of the molecule is CC(C)NC(=O)C(C)NC(C)c1cccc(O)c1. The number of benzene rings is 1. The molecule has 0 aliphatic heterocycles. The van der Waals surface area contributed by atoms with Gasteiger partial charge in [-0.25, -0.2) is 0 Å². The predicted octanol–water partition coefficient (Wildman–Crippen LogP) is 1.96. The Morgan fingerprint density at radius 3 is 2.44 bits per heavy atom. The van der Waals surface area contributed by atoms with Crippen LogP contribution in [0.3, 0.4) is 0 Å². The van der Waals surface area contributed by atoms with Crippen molar-refractivity contribution in [2.45, 2.75) is 45.8 Å². The van der Waals surface area contributed by atoms with Gasteiger partial charge in [-0.2, -0.15) is 0 Å². The first-order chi connectivity index (χ1) is 8.40. The molecule has 0 fully saturated rings. The Labute approximate surface area is 108 Å². The molecule has 0 saturated carbocycles. The van der Waals surface area contributed by atoms with E-state index in [9.17, 15) is 9.90 Å². The van der Waals surface area contributed by atoms with E-state index in [0.29, 0.717) is 0 Å². The smallest absolute Gasteiger partial charge is 0.237 e. The zero-order valence-corrected chi connectivity index (χ0v) is 11.4. The molecular weight excluding hydrogens is 228 g/mol. The Balaban J connectivity index is 2.59. The molecular formula is C14H22N2O2. The van der Waals surface area contributed by atoms with Gasteiger partial charge in [0.05, 0.1) is 6.04 Å². The van der Waals surface area contributed by atoms with Crippen LogP contribution in [-0.2, 0) is 4.79 Å². The van der Waals surface area contributed by atoms with Crippen molar-refractivity contribution in [1.29, 1.82) is 0 Å². The van der Waals surface area contributed by atoms with Crippen LogP contribution in [0, 0.1) is 0 Å². The second kappa shape index (κ2) is 6.40. The highest BCUT2D eigenvalue weighted by atomic mass is 16.3. The second-order valence-corrected chi connectivity index (χ2v) is 4.87. The van der Waals surface area contributed by atoms with Gasteiger partial charge in [0.15, 0.2) is 0 Å². The van der Waals surface area contributed by atoms with Gasteiger partial charge in [-0.1, -0.05) is 12.1 Å². The highest BCUT2D eigenvalue weighted by Gasteiger charge is 2.16. The van der Waals surface area contributed by atoms with Crippen LogP contribution in [0.25, 0.3) is 0 Å². The minimum Gasteiger partial charge on any atom is -0.508 e. The summed E-state index contributed by atoms with van der Waals surface area (Å²) in [7, 11) is 0. The van der Waals surface area contributed by atoms with Crippen LogP contribution in [0.1, 0.15) is 39.3 Å². The van der Waals surface area contributed by atoms with E-state index in [1.807, 2.05) is 33.8 Å². The molecule has 0 bridgehead atoms. The fourth-order valence-corrected chi connectivity index (χ4v) is 1.75. The summed E-state index contributed by atoms with van der Waals surface area (Å²) in [4.78, 5) is 11.8. The summed E-state index contributed by atoms with van der Waals surface area (Å²) < 4.78 is 0. The zero-order chi connectivity index (χ0) is 13.7. The van der Waals surface area contributed by atoms with Crippen molar-refractivity contribution >= 4 is 5.91 Å². The first-order valence-corrected chi connectivity index (χ1v) is 6.25. The highest BCUT2D eigenvalue weighted by molar-refractivity contribution is 5.81. The van der Waals surface area contributed by atoms with Crippen LogP contribution in [-0.4, -0.2) is 23.1 Å². The van der Waals surface area contributed by atoms with Crippen molar-refractivity contribution in [3.8, 4) is 5.75 Å². The van der Waals surface area contributed by atoms with Gasteiger partial charge in [0.25, 0.3) is 0 Å². The van der Waals surface area contributed by atoms with E-state index in [0.717, 1.165) is 5.56 Å². The summed E-state index contributed by atoms with van der Waals surface area (Å²) >= 11 is 0. The molecule has 3 N–H and O–H groups in total. The number of rotatable bonds is 5. The molecule has 2 unspecified atom stereocenters. The number of amides is 1. The lowest BCUT2D eigenvalue weighted by Gasteiger charge is -2.21. The van der Waals surface area contributed by atoms with E-state index >= 15 is 0 Å². The molecule has 1 rings (SSSR count). The Bertz CT molecular complexity index is 405. The number of phenols is 1. The van der Waals surface area contributed by atoms with Gasteiger partial charge < -0.3 is 10.4 Å². The van der Waals surface area contributed by atoms with Gasteiger partial charge in [0.1, 0.15) is 5.75 Å². The van der Waals surface area contributed by atoms with Crippen molar-refractivity contribution in [2.75, 3.05) is 0 Å². The third kappa shape index (κ3) is 4.37. The molecule has 0 radical (unpaired) electrons. The third-order valence-electron chi connectivity index (χ3n) is 2.69. The molecule has 18 heavy (non-hydrogen) atoms. The minimum absolute atomic E-state index is 0.00464. The summed E-state index contributed by atoms with van der Waals surface area (Å²) in [5, 5.41) is 15.5. The number of carbonyl (C=O) groups is 1. The first-order valence-electron chi connectivity index (χ1n) is 6.25. The standard InChI is InChI=1S/C14H22N2O2/c1-9(2)15-14(18)11(4)16-10(3)12-6-5-7-13(17)8-12/h5-11,16-17H,1-4H3,(H,15,18). The molecule has 0 aliphatic rings. The lowest BCUT2D eigenvalue weighted by Crippen LogP contribution is -2.45. The molecule has 0 aliphatic carbocycles. The fraction of sp³-hybridized carbons (Fsp3) is 0.500. The number of nitrogens with one attached hydrogen (secondary N) is 2. The van der Waals surface area contributed by atoms with Gasteiger partial charge in [-0.3, -0.25) is 10.1 Å². The topological polar surface area (TPSA) is 61.4 Å². The molecule has 4 nitrogen and oxygen atoms in total. The van der Waals surface area contributed by atoms with Crippen LogP contribution in [0.4, 0.5) is 0 Å². The Kier molecular flexibility index (Phi) is 5.16. The predicted molar refractivity (Wildman–Crippen MR) is 72.4 cm³/mol. The van der Waals surface area contributed by atoms with E-state index in [4.69, 9.17) is 0 Å². The highest BCUT2D eigenvalue weighted by Crippen LogP contribution is 2.18. The molecule has 1 aromatic rings. The van der Waals surface area contributed by atoms with E-state index in [1.54, 1.807) is 18.2 Å². The third-order valence-corrected chi connectivity index (χ3v) is 2.69. The van der Waals surface area contributed by atoms with E-state index < -0.39 is 0 Å². The van der Waals surface area contributed by atoms with Crippen LogP contribution in [0.15, 0.2) is 24.3 Å². The van der Waals surface area contributed by atoms with Crippen LogP contribution < -0.4 is 10.6 Å². The summed E-state index contributed by atoms with van der Waals surface area (Å²) in [5.41, 5.74) is 0.958. The van der Waals surface area contributed by atoms with Gasteiger partial charge in [-0.15, -0.1) is 0 Å². The molecule has 0 saturated heterocycles. The number of aromatic hydroxyl groups is 1. The summed E-state index contributed by atoms with van der Waals surface area (Å²) in [5.74, 6) is 0.220. The monoisotopic (exact) mass is 250 g/mol. The fourth-order valence-electron chi connectivity index (χ4n) is 1.75. The minimum atomic E-state index is -0.273. The van der Waals surface area contributed by atoms with Crippen molar-refractivity contribution in [3.05, 3.63) is 29.8 Å². The summed E-state index contributed by atoms with van der Waals surface area (Å²) in [6, 6.07) is 6.91. The molecule has 0 aromatic heterocycles. The normalized spacial score (nSPS) is 14.3. The second-order valence-electron chi connectivity index (χ2n) is 4.87. The van der Waals surface area contributed by atoms with E-state index in [1.165, 1.54) is 0 Å². The van der Waals surface area contributed by atoms with Crippen LogP contribution in [0.2, 0.25) is 0 Å². The number of hydrogen-bond acceptors (Lipinski definition) is 3. The average molecular weight is 250 g/mol. The van der Waals surface area contributed by atoms with Gasteiger partial charge in [0.2, 0.25) is 5.91 Å². The van der Waals surface area contributed by atoms with E-state index in [2.05, 4.69) is 10.6 Å². The Hall–Kier alpha value is -1.55. The molecule has 0 spiro atoms. The largest absolute Gasteiger partial charge is 0.508 e. The number of carbonyl (C=O) groups excluding carboxylic acids is 1. The quantitative estimate of drug-likeness (QED) is 0.748. The molecule has 1 aromatic carbocycles. The van der Waals surface area contributed by atoms with Crippen molar-refractivity contribution < 1.29 is 9.90 Å². The maximum atomic E-state index is 11.8. The maximum Gasteiger partial charge on any atom is 0.237 e. The Morgan fingerprint density at radius 2 is 1.89 bits per heavy atom. The summed E-state index contributed by atoms with van der Waals surface area (Å²) in [6.45, 7) is 7.66. The van der Waals surface area contributed by atoms with Crippen molar-refractivity contribution in [3.63, 3.8) is 0 Å². The van der Waals surface area contributed by atoms with Crippen LogP contribution in [0.5, 0.6) is 5.75 Å². The lowest BCUT2D eigenvalue weighted by molar-refractivity contribution is -0.123. The molecule has 100 valence electrons. The molecule has 1 amide bonds. The number of hydrogen-bond donors (Lipinski definition) is 3. The van der Waals surface area contributed by atoms with E-state index in [-0.39, 0.29) is 29.8 Å².